The molecule has 0 spiro atoms. The van der Waals surface area contributed by atoms with Gasteiger partial charge >= 0.3 is 39.0 Å². The van der Waals surface area contributed by atoms with Crippen LogP contribution in [0.3, 0.4) is 0 Å². The van der Waals surface area contributed by atoms with E-state index in [1.807, 2.05) is 13.7 Å². The van der Waals surface area contributed by atoms with Gasteiger partial charge in [-0.1, -0.05) is 0 Å². The predicted octanol–water partition coefficient (Wildman–Crippen LogP) is -1.22. The zero-order valence-electron chi connectivity index (χ0n) is 4.15. The summed E-state index contributed by atoms with van der Waals surface area (Å²) in [6.45, 7) is 7.30. The van der Waals surface area contributed by atoms with E-state index in [0.29, 0.717) is 0 Å². The van der Waals surface area contributed by atoms with Crippen LogP contribution < -0.4 is 5.73 Å². The van der Waals surface area contributed by atoms with Gasteiger partial charge in [-0.15, -0.1) is 0 Å². The number of hydrogen-bond donors (Lipinski definition) is 1. The molecule has 0 heterocycles. The molecule has 0 aliphatic rings. The second kappa shape index (κ2) is 3.16. The first-order valence-corrected chi connectivity index (χ1v) is 2.14. The summed E-state index contributed by atoms with van der Waals surface area (Å²) in [7, 11) is 0.917. The van der Waals surface area contributed by atoms with E-state index in [1.54, 1.807) is 0 Å². The maximum atomic E-state index is 5.33. The third-order valence-electron chi connectivity index (χ3n) is 0.538. The van der Waals surface area contributed by atoms with E-state index < -0.39 is 0 Å². The Labute approximate surface area is 40.1 Å². The van der Waals surface area contributed by atoms with Crippen molar-refractivity contribution < 1.29 is 0 Å². The van der Waals surface area contributed by atoms with Gasteiger partial charge in [0, 0.05) is 0 Å². The van der Waals surface area contributed by atoms with Gasteiger partial charge in [-0.05, 0) is 0 Å². The molecule has 6 heavy (non-hydrogen) atoms. The number of hydrogen-bond acceptors (Lipinski definition) is 1. The van der Waals surface area contributed by atoms with Crippen LogP contribution in [0.1, 0.15) is 6.92 Å². The van der Waals surface area contributed by atoms with Crippen LogP contribution in [0, 0.1) is 0 Å². The molecule has 0 amide bonds. The van der Waals surface area contributed by atoms with Crippen LogP contribution in [-0.4, -0.2) is 26.4 Å². The molecule has 0 bridgehead atoms. The predicted molar refractivity (Wildman–Crippen MR) is 33.7 cm³/mol. The van der Waals surface area contributed by atoms with Crippen molar-refractivity contribution in [3.63, 3.8) is 0 Å². The summed E-state index contributed by atoms with van der Waals surface area (Å²) in [6, 6.07) is 0. The van der Waals surface area contributed by atoms with Gasteiger partial charge in [-0.3, -0.25) is 0 Å². The summed E-state index contributed by atoms with van der Waals surface area (Å²) in [6.07, 6.45) is 0. The molecule has 0 aromatic heterocycles. The monoisotopic (exact) mass is 81.1 g/mol. The molecule has 1 nitrogen and oxygen atoms in total. The van der Waals surface area contributed by atoms with Crippen molar-refractivity contribution in [1.29, 1.82) is 0 Å². The van der Waals surface area contributed by atoms with Crippen molar-refractivity contribution in [1.82, 2.24) is 0 Å². The van der Waals surface area contributed by atoms with E-state index in [-0.39, 0.29) is 5.94 Å². The molecular weight excluding hydrogens is 71.7 g/mol. The molecule has 3 heteroatoms. The number of nitrogens with two attached hydrogens (primary N) is 1. The Balaban J connectivity index is 2.81. The van der Waals surface area contributed by atoms with Crippen molar-refractivity contribution in [2.75, 3.05) is 0 Å². The van der Waals surface area contributed by atoms with Crippen molar-refractivity contribution in [3.8, 4) is 0 Å². The third-order valence-corrected chi connectivity index (χ3v) is 0.538. The maximum absolute atomic E-state index is 5.33. The van der Waals surface area contributed by atoms with Crippen LogP contribution in [0.15, 0.2) is 0 Å². The van der Waals surface area contributed by atoms with Crippen LogP contribution in [-0.2, 0) is 0 Å². The van der Waals surface area contributed by atoms with Crippen molar-refractivity contribution in [3.05, 3.63) is 0 Å². The molecule has 2 N–H and O–H groups in total. The fourth-order valence-corrected chi connectivity index (χ4v) is 0.263. The van der Waals surface area contributed by atoms with Crippen molar-refractivity contribution in [2.45, 2.75) is 12.9 Å². The fourth-order valence-electron chi connectivity index (χ4n) is 0.263. The number of rotatable bonds is 2. The van der Waals surface area contributed by atoms with Gasteiger partial charge in [0.15, 0.2) is 0 Å². The van der Waals surface area contributed by atoms with Crippen LogP contribution in [0.5, 0.6) is 0 Å². The quantitative estimate of drug-likeness (QED) is 0.414. The summed E-state index contributed by atoms with van der Waals surface area (Å²) in [4.78, 5) is 0. The molecule has 1 unspecified atom stereocenters. The van der Waals surface area contributed by atoms with E-state index in [2.05, 4.69) is 6.47 Å². The van der Waals surface area contributed by atoms with Crippen LogP contribution in [0.25, 0.3) is 0 Å². The van der Waals surface area contributed by atoms with E-state index in [0.717, 1.165) is 7.17 Å². The fraction of sp³-hybridized carbons (Fsp3) is 0.667. The molecule has 32 valence electrons. The first-order valence-electron chi connectivity index (χ1n) is 2.14. The van der Waals surface area contributed by atoms with Gasteiger partial charge in [-0.25, -0.2) is 0 Å². The van der Waals surface area contributed by atoms with Gasteiger partial charge in [0.05, 0.1) is 0 Å². The first kappa shape index (κ1) is 5.96. The van der Waals surface area contributed by atoms with Crippen LogP contribution in [0.4, 0.5) is 0 Å². The molecule has 0 radical (unpaired) electrons. The van der Waals surface area contributed by atoms with E-state index in [4.69, 9.17) is 5.73 Å². The minimum atomic E-state index is 0.280. The average Bonchev–Trinajstić information content (AvgIpc) is 1.35. The molecule has 0 aliphatic heterocycles. The Morgan fingerprint density at radius 2 is 2.50 bits per heavy atom. The molecule has 0 saturated heterocycles. The molecule has 0 aromatic carbocycles. The summed E-state index contributed by atoms with van der Waals surface area (Å²) >= 11 is 0. The summed E-state index contributed by atoms with van der Waals surface area (Å²) in [5, 5.41) is 0. The van der Waals surface area contributed by atoms with Gasteiger partial charge in [0.2, 0.25) is 0 Å². The summed E-state index contributed by atoms with van der Waals surface area (Å²) in [5.41, 5.74) is 5.33. The van der Waals surface area contributed by atoms with Gasteiger partial charge in [0.25, 0.3) is 0 Å². The molecule has 0 rings (SSSR count). The standard InChI is InChI=1S/C3H9B2N/c1-3(6)5-4-2/h3,5H,2,6H2,1H3. The molecular formula is C3H9B2N. The minimum absolute atomic E-state index is 0.280. The average molecular weight is 80.7 g/mol. The zero-order chi connectivity index (χ0) is 4.99. The summed E-state index contributed by atoms with van der Waals surface area (Å²) < 4.78 is 0. The second-order valence-corrected chi connectivity index (χ2v) is 1.50. The van der Waals surface area contributed by atoms with Crippen LogP contribution in [0.2, 0.25) is 0 Å². The van der Waals surface area contributed by atoms with Crippen molar-refractivity contribution in [2.24, 2.45) is 5.73 Å². The Kier molecular flexibility index (Phi) is 3.14. The van der Waals surface area contributed by atoms with E-state index in [9.17, 15) is 0 Å². The summed E-state index contributed by atoms with van der Waals surface area (Å²) in [5.74, 6) is 0.280. The Hall–Kier alpha value is -0.0401. The SMILES string of the molecule is C=BBC(C)N. The molecule has 1 atom stereocenters. The normalized spacial score (nSPS) is 12.3. The molecule has 0 saturated carbocycles. The Morgan fingerprint density at radius 3 is 2.50 bits per heavy atom. The van der Waals surface area contributed by atoms with E-state index in [1.165, 1.54) is 0 Å². The first-order chi connectivity index (χ1) is 2.77. The molecule has 0 aliphatic carbocycles. The van der Waals surface area contributed by atoms with Gasteiger partial charge in [-0.2, -0.15) is 0 Å². The second-order valence-electron chi connectivity index (χ2n) is 1.50. The Bertz CT molecular complexity index is 44.1. The van der Waals surface area contributed by atoms with Crippen LogP contribution >= 0.6 is 0 Å². The third kappa shape index (κ3) is 3.96. The Morgan fingerprint density at radius 1 is 2.00 bits per heavy atom. The topological polar surface area (TPSA) is 26.0 Å². The van der Waals surface area contributed by atoms with Gasteiger partial charge < -0.3 is 0 Å². The molecule has 0 fully saturated rings. The van der Waals surface area contributed by atoms with Crippen molar-refractivity contribution >= 4 is 20.5 Å². The van der Waals surface area contributed by atoms with Gasteiger partial charge in [0.1, 0.15) is 0 Å². The molecule has 0 aromatic rings. The van der Waals surface area contributed by atoms with E-state index >= 15 is 0 Å². The zero-order valence-corrected chi connectivity index (χ0v) is 4.15.